The van der Waals surface area contributed by atoms with Gasteiger partial charge in [0.1, 0.15) is 24.0 Å². The summed E-state index contributed by atoms with van der Waals surface area (Å²) in [6, 6.07) is 20.6. The lowest BCUT2D eigenvalue weighted by atomic mass is 10.0. The number of nitrogens with zero attached hydrogens (tertiary/aromatic N) is 4. The van der Waals surface area contributed by atoms with E-state index in [0.29, 0.717) is 6.54 Å². The fourth-order valence-corrected chi connectivity index (χ4v) is 4.90. The number of pyridine rings is 1. The standard InChI is InChI=1S/C28H26ClN5O/c29-23-7-2-20(3-8-23)16-31-26-11-6-21-5-1-19(15-25(21)33-26)4-9-24-10-12-27(35-24)34-14-13-22-17-30-18-32-28(22)34/h1-3,5-8,11,13-15,17-18,24,27H,4,9-10,12,16H2,(H,31,33). The molecule has 6 nitrogen and oxygen atoms in total. The van der Waals surface area contributed by atoms with Crippen molar-refractivity contribution >= 4 is 39.4 Å². The Kier molecular flexibility index (Phi) is 6.06. The largest absolute Gasteiger partial charge is 0.366 e. The van der Waals surface area contributed by atoms with Gasteiger partial charge in [0.2, 0.25) is 0 Å². The van der Waals surface area contributed by atoms with Crippen molar-refractivity contribution in [2.24, 2.45) is 0 Å². The van der Waals surface area contributed by atoms with E-state index in [9.17, 15) is 0 Å². The summed E-state index contributed by atoms with van der Waals surface area (Å²) in [6.07, 6.45) is 9.79. The van der Waals surface area contributed by atoms with Crippen molar-refractivity contribution in [3.63, 3.8) is 0 Å². The molecule has 6 rings (SSSR count). The molecular formula is C28H26ClN5O. The van der Waals surface area contributed by atoms with Gasteiger partial charge in [-0.2, -0.15) is 0 Å². The Morgan fingerprint density at radius 3 is 2.74 bits per heavy atom. The Morgan fingerprint density at radius 2 is 1.83 bits per heavy atom. The first-order chi connectivity index (χ1) is 17.2. The van der Waals surface area contributed by atoms with E-state index in [0.717, 1.165) is 58.5 Å². The molecule has 0 spiro atoms. The second-order valence-electron chi connectivity index (χ2n) is 9.06. The highest BCUT2D eigenvalue weighted by Gasteiger charge is 2.27. The van der Waals surface area contributed by atoms with Crippen LogP contribution in [0.2, 0.25) is 5.02 Å². The highest BCUT2D eigenvalue weighted by Crippen LogP contribution is 2.33. The number of ether oxygens (including phenoxy) is 1. The number of rotatable bonds is 7. The van der Waals surface area contributed by atoms with Crippen molar-refractivity contribution in [1.29, 1.82) is 0 Å². The summed E-state index contributed by atoms with van der Waals surface area (Å²) in [5, 5.41) is 6.35. The monoisotopic (exact) mass is 483 g/mol. The second kappa shape index (κ2) is 9.64. The molecule has 2 atom stereocenters. The first-order valence-electron chi connectivity index (χ1n) is 12.0. The van der Waals surface area contributed by atoms with Crippen LogP contribution in [0.3, 0.4) is 0 Å². The maximum atomic E-state index is 6.39. The average molecular weight is 484 g/mol. The quantitative estimate of drug-likeness (QED) is 0.284. The summed E-state index contributed by atoms with van der Waals surface area (Å²) < 4.78 is 8.53. The van der Waals surface area contributed by atoms with Crippen LogP contribution in [0.25, 0.3) is 21.9 Å². The van der Waals surface area contributed by atoms with Gasteiger partial charge in [-0.15, -0.1) is 0 Å². The van der Waals surface area contributed by atoms with Crippen molar-refractivity contribution < 1.29 is 4.74 Å². The summed E-state index contributed by atoms with van der Waals surface area (Å²) in [6.45, 7) is 0.707. The number of fused-ring (bicyclic) bond motifs is 2. The van der Waals surface area contributed by atoms with Crippen LogP contribution < -0.4 is 5.32 Å². The minimum absolute atomic E-state index is 0.0416. The van der Waals surface area contributed by atoms with E-state index in [4.69, 9.17) is 21.3 Å². The molecule has 5 aromatic rings. The van der Waals surface area contributed by atoms with E-state index in [1.165, 1.54) is 11.1 Å². The number of aromatic nitrogens is 4. The highest BCUT2D eigenvalue weighted by molar-refractivity contribution is 6.30. The van der Waals surface area contributed by atoms with Crippen LogP contribution >= 0.6 is 11.6 Å². The molecule has 4 heterocycles. The van der Waals surface area contributed by atoms with Gasteiger partial charge in [-0.05, 0) is 73.2 Å². The smallest absolute Gasteiger partial charge is 0.145 e. The van der Waals surface area contributed by atoms with Crippen LogP contribution in [0.4, 0.5) is 5.82 Å². The van der Waals surface area contributed by atoms with Crippen molar-refractivity contribution in [3.05, 3.63) is 95.5 Å². The molecule has 2 aromatic carbocycles. The molecule has 0 aliphatic carbocycles. The van der Waals surface area contributed by atoms with Crippen LogP contribution in [-0.2, 0) is 17.7 Å². The fourth-order valence-electron chi connectivity index (χ4n) is 4.77. The van der Waals surface area contributed by atoms with Gasteiger partial charge < -0.3 is 14.6 Å². The van der Waals surface area contributed by atoms with Gasteiger partial charge in [0.15, 0.2) is 0 Å². The van der Waals surface area contributed by atoms with E-state index < -0.39 is 0 Å². The Bertz CT molecular complexity index is 1470. The van der Waals surface area contributed by atoms with Gasteiger partial charge in [-0.1, -0.05) is 35.9 Å². The lowest BCUT2D eigenvalue weighted by Gasteiger charge is -2.16. The third-order valence-electron chi connectivity index (χ3n) is 6.67. The van der Waals surface area contributed by atoms with Crippen LogP contribution in [0.5, 0.6) is 0 Å². The molecule has 0 radical (unpaired) electrons. The van der Waals surface area contributed by atoms with Crippen LogP contribution in [0.15, 0.2) is 79.4 Å². The number of aryl methyl sites for hydroxylation is 1. The first kappa shape index (κ1) is 22.0. The minimum Gasteiger partial charge on any atom is -0.366 e. The van der Waals surface area contributed by atoms with Crippen LogP contribution in [-0.4, -0.2) is 25.6 Å². The summed E-state index contributed by atoms with van der Waals surface area (Å²) in [5.74, 6) is 0.870. The van der Waals surface area contributed by atoms with Gasteiger partial charge >= 0.3 is 0 Å². The van der Waals surface area contributed by atoms with Gasteiger partial charge in [-0.3, -0.25) is 0 Å². The highest BCUT2D eigenvalue weighted by atomic mass is 35.5. The molecule has 1 N–H and O–H groups in total. The first-order valence-corrected chi connectivity index (χ1v) is 12.4. The zero-order chi connectivity index (χ0) is 23.6. The van der Waals surface area contributed by atoms with E-state index in [2.05, 4.69) is 50.3 Å². The maximum absolute atomic E-state index is 6.39. The Hall–Kier alpha value is -3.48. The van der Waals surface area contributed by atoms with Crippen molar-refractivity contribution in [2.75, 3.05) is 5.32 Å². The summed E-state index contributed by atoms with van der Waals surface area (Å²) in [4.78, 5) is 13.4. The zero-order valence-electron chi connectivity index (χ0n) is 19.3. The number of nitrogens with one attached hydrogen (secondary N) is 1. The third kappa shape index (κ3) is 4.85. The van der Waals surface area contributed by atoms with Crippen molar-refractivity contribution in [3.8, 4) is 0 Å². The number of benzene rings is 2. The van der Waals surface area contributed by atoms with E-state index in [-0.39, 0.29) is 12.3 Å². The molecule has 0 bridgehead atoms. The molecule has 2 unspecified atom stereocenters. The fraction of sp³-hybridized carbons (Fsp3) is 0.250. The molecule has 1 fully saturated rings. The van der Waals surface area contributed by atoms with Crippen LogP contribution in [0, 0.1) is 0 Å². The molecule has 176 valence electrons. The topological polar surface area (TPSA) is 64.9 Å². The molecular weight excluding hydrogens is 458 g/mol. The Balaban J connectivity index is 1.08. The summed E-state index contributed by atoms with van der Waals surface area (Å²) in [7, 11) is 0. The summed E-state index contributed by atoms with van der Waals surface area (Å²) in [5.41, 5.74) is 4.39. The van der Waals surface area contributed by atoms with E-state index in [1.54, 1.807) is 6.33 Å². The second-order valence-corrected chi connectivity index (χ2v) is 9.49. The predicted octanol–water partition coefficient (Wildman–Crippen LogP) is 6.56. The normalized spacial score (nSPS) is 17.9. The molecule has 35 heavy (non-hydrogen) atoms. The molecule has 1 saturated heterocycles. The number of hydrogen-bond acceptors (Lipinski definition) is 5. The summed E-state index contributed by atoms with van der Waals surface area (Å²) >= 11 is 5.98. The lowest BCUT2D eigenvalue weighted by molar-refractivity contribution is 0.00120. The van der Waals surface area contributed by atoms with E-state index >= 15 is 0 Å². The maximum Gasteiger partial charge on any atom is 0.145 e. The minimum atomic E-state index is 0.0416. The Labute approximate surface area is 209 Å². The zero-order valence-corrected chi connectivity index (χ0v) is 20.0. The number of anilines is 1. The molecule has 0 saturated carbocycles. The van der Waals surface area contributed by atoms with Gasteiger partial charge in [0, 0.05) is 34.7 Å². The lowest BCUT2D eigenvalue weighted by Crippen LogP contribution is -2.12. The van der Waals surface area contributed by atoms with Crippen molar-refractivity contribution in [2.45, 2.75) is 44.6 Å². The molecule has 1 aliphatic heterocycles. The predicted molar refractivity (Wildman–Crippen MR) is 140 cm³/mol. The molecule has 3 aromatic heterocycles. The molecule has 1 aliphatic rings. The van der Waals surface area contributed by atoms with Crippen molar-refractivity contribution in [1.82, 2.24) is 19.5 Å². The SMILES string of the molecule is Clc1ccc(CNc2ccc3ccc(CCC4CCC(n5ccc6cncnc65)O4)cc3n2)cc1. The Morgan fingerprint density at radius 1 is 0.971 bits per heavy atom. The molecule has 7 heteroatoms. The molecule has 0 amide bonds. The number of hydrogen-bond donors (Lipinski definition) is 1. The average Bonchev–Trinajstić information content (AvgIpc) is 3.54. The van der Waals surface area contributed by atoms with Gasteiger partial charge in [0.05, 0.1) is 11.6 Å². The number of halogens is 1. The van der Waals surface area contributed by atoms with Crippen LogP contribution in [0.1, 0.15) is 36.6 Å². The van der Waals surface area contributed by atoms with Gasteiger partial charge in [-0.25, -0.2) is 15.0 Å². The van der Waals surface area contributed by atoms with Gasteiger partial charge in [0.25, 0.3) is 0 Å². The van der Waals surface area contributed by atoms with E-state index in [1.807, 2.05) is 42.6 Å². The third-order valence-corrected chi connectivity index (χ3v) is 6.92.